The van der Waals surface area contributed by atoms with E-state index in [0.29, 0.717) is 16.6 Å². The summed E-state index contributed by atoms with van der Waals surface area (Å²) >= 11 is 6.06. The van der Waals surface area contributed by atoms with Crippen LogP contribution in [-0.4, -0.2) is 18.6 Å². The normalized spacial score (nSPS) is 11.7. The Morgan fingerprint density at radius 1 is 1.03 bits per heavy atom. The predicted molar refractivity (Wildman–Crippen MR) is 114 cm³/mol. The zero-order valence-electron chi connectivity index (χ0n) is 16.4. The number of halogens is 1. The number of aromatic nitrogens is 2. The Morgan fingerprint density at radius 3 is 2.50 bits per heavy atom. The molecule has 30 heavy (non-hydrogen) atoms. The number of furan rings is 1. The quantitative estimate of drug-likeness (QED) is 0.392. The SMILES string of the molecule is CCc1ccc(-c2noc(-c3ccc(CS(=O)(=O)c4ccc(C)c(Cl)c4)o3)n2)cc1. The first-order valence-corrected chi connectivity index (χ1v) is 11.4. The summed E-state index contributed by atoms with van der Waals surface area (Å²) in [5.74, 6) is 0.908. The molecule has 6 nitrogen and oxygen atoms in total. The van der Waals surface area contributed by atoms with Crippen LogP contribution >= 0.6 is 11.6 Å². The van der Waals surface area contributed by atoms with Gasteiger partial charge in [0.25, 0.3) is 5.89 Å². The molecule has 0 aliphatic rings. The van der Waals surface area contributed by atoms with Gasteiger partial charge in [0.15, 0.2) is 15.6 Å². The molecule has 0 aliphatic carbocycles. The zero-order valence-corrected chi connectivity index (χ0v) is 18.0. The van der Waals surface area contributed by atoms with E-state index in [0.717, 1.165) is 17.5 Å². The van der Waals surface area contributed by atoms with Crippen LogP contribution in [0, 0.1) is 6.92 Å². The molecule has 8 heteroatoms. The van der Waals surface area contributed by atoms with Gasteiger partial charge in [0.05, 0.1) is 4.90 Å². The average molecular weight is 443 g/mol. The molecular weight excluding hydrogens is 424 g/mol. The molecule has 0 bridgehead atoms. The van der Waals surface area contributed by atoms with Crippen molar-refractivity contribution in [1.29, 1.82) is 0 Å². The summed E-state index contributed by atoms with van der Waals surface area (Å²) in [7, 11) is -3.61. The lowest BCUT2D eigenvalue weighted by Crippen LogP contribution is -2.04. The molecule has 2 heterocycles. The zero-order chi connectivity index (χ0) is 21.3. The van der Waals surface area contributed by atoms with E-state index < -0.39 is 9.84 Å². The second kappa shape index (κ2) is 8.08. The number of sulfone groups is 1. The number of benzene rings is 2. The van der Waals surface area contributed by atoms with E-state index in [4.69, 9.17) is 20.5 Å². The average Bonchev–Trinajstić information content (AvgIpc) is 3.39. The number of hydrogen-bond donors (Lipinski definition) is 0. The minimum atomic E-state index is -3.61. The Labute approximate surface area is 179 Å². The van der Waals surface area contributed by atoms with Crippen LogP contribution in [0.1, 0.15) is 23.8 Å². The van der Waals surface area contributed by atoms with Crippen LogP contribution in [0.2, 0.25) is 5.02 Å². The van der Waals surface area contributed by atoms with Crippen molar-refractivity contribution in [2.75, 3.05) is 0 Å². The van der Waals surface area contributed by atoms with Gasteiger partial charge in [-0.2, -0.15) is 4.98 Å². The standard InChI is InChI=1S/C22H19ClN2O4S/c1-3-15-5-7-16(8-6-15)21-24-22(29-25-21)20-11-9-17(28-20)13-30(26,27)18-10-4-14(2)19(23)12-18/h4-12H,3,13H2,1-2H3. The fraction of sp³-hybridized carbons (Fsp3) is 0.182. The van der Waals surface area contributed by atoms with E-state index in [1.807, 2.05) is 31.2 Å². The van der Waals surface area contributed by atoms with Crippen molar-refractivity contribution in [3.05, 3.63) is 76.5 Å². The minimum absolute atomic E-state index is 0.145. The summed E-state index contributed by atoms with van der Waals surface area (Å²) in [4.78, 5) is 4.50. The molecule has 4 aromatic rings. The van der Waals surface area contributed by atoms with Crippen molar-refractivity contribution < 1.29 is 17.4 Å². The van der Waals surface area contributed by atoms with Gasteiger partial charge < -0.3 is 8.94 Å². The lowest BCUT2D eigenvalue weighted by atomic mass is 10.1. The first kappa shape index (κ1) is 20.4. The molecule has 0 radical (unpaired) electrons. The van der Waals surface area contributed by atoms with Crippen LogP contribution in [0.5, 0.6) is 0 Å². The first-order chi connectivity index (χ1) is 14.4. The Bertz CT molecular complexity index is 1290. The number of aryl methyl sites for hydroxylation is 2. The first-order valence-electron chi connectivity index (χ1n) is 9.37. The second-order valence-corrected chi connectivity index (χ2v) is 9.31. The highest BCUT2D eigenvalue weighted by Crippen LogP contribution is 2.27. The third-order valence-corrected chi connectivity index (χ3v) is 6.80. The molecule has 0 N–H and O–H groups in total. The maximum absolute atomic E-state index is 12.7. The van der Waals surface area contributed by atoms with Crippen molar-refractivity contribution in [1.82, 2.24) is 10.1 Å². The van der Waals surface area contributed by atoms with Gasteiger partial charge in [0, 0.05) is 10.6 Å². The molecular formula is C22H19ClN2O4S. The smallest absolute Gasteiger partial charge is 0.293 e. The second-order valence-electron chi connectivity index (χ2n) is 6.91. The summed E-state index contributed by atoms with van der Waals surface area (Å²) in [6.07, 6.45) is 0.949. The Balaban J connectivity index is 1.54. The fourth-order valence-electron chi connectivity index (χ4n) is 2.94. The van der Waals surface area contributed by atoms with Gasteiger partial charge in [-0.25, -0.2) is 8.42 Å². The molecule has 0 spiro atoms. The van der Waals surface area contributed by atoms with Gasteiger partial charge in [-0.3, -0.25) is 0 Å². The molecule has 0 saturated carbocycles. The Kier molecular flexibility index (Phi) is 5.49. The van der Waals surface area contributed by atoms with Crippen molar-refractivity contribution in [3.8, 4) is 23.0 Å². The Morgan fingerprint density at radius 2 is 1.80 bits per heavy atom. The van der Waals surface area contributed by atoms with Gasteiger partial charge >= 0.3 is 0 Å². The van der Waals surface area contributed by atoms with Crippen molar-refractivity contribution in [2.24, 2.45) is 0 Å². The highest BCUT2D eigenvalue weighted by molar-refractivity contribution is 7.90. The van der Waals surface area contributed by atoms with Crippen molar-refractivity contribution in [2.45, 2.75) is 30.9 Å². The molecule has 4 rings (SSSR count). The summed E-state index contributed by atoms with van der Waals surface area (Å²) in [5.41, 5.74) is 2.86. The predicted octanol–water partition coefficient (Wildman–Crippen LogP) is 5.49. The van der Waals surface area contributed by atoms with Gasteiger partial charge in [-0.05, 0) is 48.7 Å². The highest BCUT2D eigenvalue weighted by atomic mass is 35.5. The van der Waals surface area contributed by atoms with Gasteiger partial charge in [-0.15, -0.1) is 0 Å². The van der Waals surface area contributed by atoms with E-state index in [-0.39, 0.29) is 22.3 Å². The summed E-state index contributed by atoms with van der Waals surface area (Å²) < 4.78 is 36.3. The molecule has 154 valence electrons. The monoisotopic (exact) mass is 442 g/mol. The van der Waals surface area contributed by atoms with E-state index in [1.54, 1.807) is 18.2 Å². The third-order valence-electron chi connectivity index (χ3n) is 4.75. The van der Waals surface area contributed by atoms with Gasteiger partial charge in [0.1, 0.15) is 11.5 Å². The lowest BCUT2D eigenvalue weighted by molar-refractivity contribution is 0.413. The van der Waals surface area contributed by atoms with Crippen LogP contribution in [0.25, 0.3) is 23.0 Å². The maximum Gasteiger partial charge on any atom is 0.293 e. The largest absolute Gasteiger partial charge is 0.455 e. The molecule has 0 amide bonds. The third kappa shape index (κ3) is 4.17. The highest BCUT2D eigenvalue weighted by Gasteiger charge is 2.20. The molecule has 0 atom stereocenters. The number of rotatable bonds is 6. The van der Waals surface area contributed by atoms with Gasteiger partial charge in [0.2, 0.25) is 5.82 Å². The number of hydrogen-bond acceptors (Lipinski definition) is 6. The molecule has 0 aliphatic heterocycles. The maximum atomic E-state index is 12.7. The van der Waals surface area contributed by atoms with E-state index in [1.165, 1.54) is 17.7 Å². The van der Waals surface area contributed by atoms with E-state index in [2.05, 4.69) is 17.1 Å². The van der Waals surface area contributed by atoms with E-state index in [9.17, 15) is 8.42 Å². The van der Waals surface area contributed by atoms with E-state index >= 15 is 0 Å². The van der Waals surface area contributed by atoms with Crippen LogP contribution < -0.4 is 0 Å². The summed E-state index contributed by atoms with van der Waals surface area (Å²) in [5, 5.41) is 4.39. The van der Waals surface area contributed by atoms with Crippen LogP contribution in [-0.2, 0) is 22.0 Å². The molecule has 2 aromatic carbocycles. The molecule has 0 unspecified atom stereocenters. The van der Waals surface area contributed by atoms with Crippen LogP contribution in [0.4, 0.5) is 0 Å². The van der Waals surface area contributed by atoms with Crippen molar-refractivity contribution in [3.63, 3.8) is 0 Å². The number of nitrogens with zero attached hydrogens (tertiary/aromatic N) is 2. The minimum Gasteiger partial charge on any atom is -0.455 e. The summed E-state index contributed by atoms with van der Waals surface area (Å²) in [6.45, 7) is 3.90. The van der Waals surface area contributed by atoms with Crippen LogP contribution in [0.15, 0.2) is 68.4 Å². The fourth-order valence-corrected chi connectivity index (χ4v) is 4.45. The molecule has 0 saturated heterocycles. The Hall–Kier alpha value is -2.90. The topological polar surface area (TPSA) is 86.2 Å². The summed E-state index contributed by atoms with van der Waals surface area (Å²) in [6, 6.07) is 15.7. The van der Waals surface area contributed by atoms with Crippen LogP contribution in [0.3, 0.4) is 0 Å². The molecule has 0 fully saturated rings. The van der Waals surface area contributed by atoms with Gasteiger partial charge in [-0.1, -0.05) is 54.0 Å². The lowest BCUT2D eigenvalue weighted by Gasteiger charge is -2.04. The molecule has 2 aromatic heterocycles. The van der Waals surface area contributed by atoms with Crippen molar-refractivity contribution >= 4 is 21.4 Å².